The third kappa shape index (κ3) is 7.40. The van der Waals surface area contributed by atoms with Gasteiger partial charge in [-0.25, -0.2) is 0 Å². The largest absolute Gasteiger partial charge is 0.396 e. The van der Waals surface area contributed by atoms with Gasteiger partial charge in [-0.3, -0.25) is 9.59 Å². The zero-order valence-electron chi connectivity index (χ0n) is 13.1. The van der Waals surface area contributed by atoms with Crippen LogP contribution >= 0.6 is 0 Å². The van der Waals surface area contributed by atoms with Crippen molar-refractivity contribution in [2.24, 2.45) is 5.41 Å². The summed E-state index contributed by atoms with van der Waals surface area (Å²) in [5.74, 6) is -0.738. The lowest BCUT2D eigenvalue weighted by atomic mass is 9.87. The molecule has 7 heteroatoms. The van der Waals surface area contributed by atoms with Crippen LogP contribution in [0.1, 0.15) is 40.0 Å². The van der Waals surface area contributed by atoms with Crippen molar-refractivity contribution < 1.29 is 24.9 Å². The smallest absolute Gasteiger partial charge is 0.249 e. The molecule has 0 aromatic carbocycles. The minimum absolute atomic E-state index is 0.0958. The third-order valence-electron chi connectivity index (χ3n) is 3.35. The van der Waals surface area contributed by atoms with Gasteiger partial charge in [-0.2, -0.15) is 0 Å². The molecule has 7 nitrogen and oxygen atoms in total. The highest BCUT2D eigenvalue weighted by molar-refractivity contribution is 5.81. The van der Waals surface area contributed by atoms with E-state index in [0.29, 0.717) is 12.8 Å². The first-order valence-corrected chi connectivity index (χ1v) is 7.25. The average Bonchev–Trinajstić information content (AvgIpc) is 2.47. The molecule has 1 unspecified atom stereocenters. The molecule has 0 saturated heterocycles. The number of aliphatic hydroxyl groups is 3. The van der Waals surface area contributed by atoms with Crippen LogP contribution in [0.25, 0.3) is 0 Å². The maximum absolute atomic E-state index is 11.7. The number of carbonyl (C=O) groups excluding carboxylic acids is 2. The van der Waals surface area contributed by atoms with Gasteiger partial charge in [0.2, 0.25) is 11.8 Å². The molecule has 0 spiro atoms. The van der Waals surface area contributed by atoms with Gasteiger partial charge >= 0.3 is 0 Å². The van der Waals surface area contributed by atoms with Crippen molar-refractivity contribution in [3.63, 3.8) is 0 Å². The zero-order chi connectivity index (χ0) is 16.5. The van der Waals surface area contributed by atoms with E-state index >= 15 is 0 Å². The van der Waals surface area contributed by atoms with Gasteiger partial charge in [0.1, 0.15) is 6.10 Å². The van der Waals surface area contributed by atoms with E-state index in [2.05, 4.69) is 10.6 Å². The van der Waals surface area contributed by atoms with Crippen LogP contribution in [0.5, 0.6) is 0 Å². The first kappa shape index (κ1) is 19.8. The molecule has 0 aliphatic heterocycles. The Morgan fingerprint density at radius 2 is 1.86 bits per heavy atom. The molecule has 0 aromatic rings. The maximum atomic E-state index is 11.7. The van der Waals surface area contributed by atoms with Crippen molar-refractivity contribution in [2.45, 2.75) is 52.2 Å². The Labute approximate surface area is 125 Å². The van der Waals surface area contributed by atoms with Crippen LogP contribution in [0, 0.1) is 5.41 Å². The first-order valence-electron chi connectivity index (χ1n) is 7.25. The summed E-state index contributed by atoms with van der Waals surface area (Å²) in [5, 5.41) is 33.0. The summed E-state index contributed by atoms with van der Waals surface area (Å²) < 4.78 is 0. The van der Waals surface area contributed by atoms with E-state index in [1.165, 1.54) is 0 Å². The summed E-state index contributed by atoms with van der Waals surface area (Å²) in [5.41, 5.74) is -0.906. The lowest BCUT2D eigenvalue weighted by Gasteiger charge is -2.27. The Balaban J connectivity index is 3.95. The fourth-order valence-electron chi connectivity index (χ4n) is 1.58. The lowest BCUT2D eigenvalue weighted by Crippen LogP contribution is -2.46. The van der Waals surface area contributed by atoms with Crippen LogP contribution in [0.15, 0.2) is 0 Å². The predicted octanol–water partition coefficient (Wildman–Crippen LogP) is -0.851. The second-order valence-electron chi connectivity index (χ2n) is 5.80. The Bertz CT molecular complexity index is 329. The molecule has 0 aliphatic carbocycles. The first-order chi connectivity index (χ1) is 9.78. The van der Waals surface area contributed by atoms with E-state index in [-0.39, 0.29) is 38.1 Å². The molecular formula is C14H28N2O5. The number of aliphatic hydroxyl groups excluding tert-OH is 3. The van der Waals surface area contributed by atoms with Crippen LogP contribution in [-0.2, 0) is 9.59 Å². The van der Waals surface area contributed by atoms with E-state index in [0.717, 1.165) is 0 Å². The molecule has 2 atom stereocenters. The molecule has 0 radical (unpaired) electrons. The number of hydrogen-bond donors (Lipinski definition) is 5. The molecule has 0 saturated carbocycles. The van der Waals surface area contributed by atoms with Crippen LogP contribution in [0.3, 0.4) is 0 Å². The molecular weight excluding hydrogens is 276 g/mol. The molecule has 0 fully saturated rings. The van der Waals surface area contributed by atoms with Gasteiger partial charge in [-0.05, 0) is 12.8 Å². The summed E-state index contributed by atoms with van der Waals surface area (Å²) in [7, 11) is 0. The molecule has 0 rings (SSSR count). The Morgan fingerprint density at radius 3 is 2.33 bits per heavy atom. The number of rotatable bonds is 10. The van der Waals surface area contributed by atoms with Crippen LogP contribution < -0.4 is 10.6 Å². The third-order valence-corrected chi connectivity index (χ3v) is 3.35. The van der Waals surface area contributed by atoms with Gasteiger partial charge < -0.3 is 26.0 Å². The summed E-state index contributed by atoms with van der Waals surface area (Å²) in [6.45, 7) is 4.91. The van der Waals surface area contributed by atoms with E-state index in [1.54, 1.807) is 13.8 Å². The quantitative estimate of drug-likeness (QED) is 0.337. The van der Waals surface area contributed by atoms with E-state index in [1.807, 2.05) is 6.92 Å². The van der Waals surface area contributed by atoms with Crippen molar-refractivity contribution in [3.05, 3.63) is 0 Å². The monoisotopic (exact) mass is 304 g/mol. The standard InChI is InChI=1S/C14H28N2O5/c1-4-10(8-17)16-11(19)6-5-7-15-13(21)12(20)14(2,3)9-18/h10,12,17-18,20H,4-9H2,1-3H3,(H,15,21)(H,16,19)/t10?,12-/m0/s1. The van der Waals surface area contributed by atoms with Crippen LogP contribution in [0.4, 0.5) is 0 Å². The van der Waals surface area contributed by atoms with Gasteiger partial charge in [-0.15, -0.1) is 0 Å². The number of hydrogen-bond acceptors (Lipinski definition) is 5. The van der Waals surface area contributed by atoms with Crippen molar-refractivity contribution in [3.8, 4) is 0 Å². The summed E-state index contributed by atoms with van der Waals surface area (Å²) in [6.07, 6.45) is 0.0267. The van der Waals surface area contributed by atoms with Crippen molar-refractivity contribution >= 4 is 11.8 Å². The predicted molar refractivity (Wildman–Crippen MR) is 78.4 cm³/mol. The Morgan fingerprint density at radius 1 is 1.24 bits per heavy atom. The van der Waals surface area contributed by atoms with Gasteiger partial charge in [-0.1, -0.05) is 20.8 Å². The van der Waals surface area contributed by atoms with Crippen LogP contribution in [0.2, 0.25) is 0 Å². The second-order valence-corrected chi connectivity index (χ2v) is 5.80. The number of carbonyl (C=O) groups is 2. The lowest BCUT2D eigenvalue weighted by molar-refractivity contribution is -0.137. The maximum Gasteiger partial charge on any atom is 0.249 e. The van der Waals surface area contributed by atoms with Gasteiger partial charge in [0.05, 0.1) is 19.3 Å². The normalized spacial score (nSPS) is 14.4. The SMILES string of the molecule is CCC(CO)NC(=O)CCCNC(=O)[C@H](O)C(C)(C)CO. The van der Waals surface area contributed by atoms with E-state index in [9.17, 15) is 14.7 Å². The Kier molecular flexibility index (Phi) is 9.16. The number of amides is 2. The highest BCUT2D eigenvalue weighted by atomic mass is 16.3. The van der Waals surface area contributed by atoms with Crippen molar-refractivity contribution in [1.82, 2.24) is 10.6 Å². The topological polar surface area (TPSA) is 119 Å². The molecule has 21 heavy (non-hydrogen) atoms. The number of nitrogens with one attached hydrogen (secondary N) is 2. The van der Waals surface area contributed by atoms with Crippen molar-refractivity contribution in [2.75, 3.05) is 19.8 Å². The molecule has 0 aromatic heterocycles. The van der Waals surface area contributed by atoms with Gasteiger partial charge in [0.25, 0.3) is 0 Å². The zero-order valence-corrected chi connectivity index (χ0v) is 13.1. The molecule has 0 bridgehead atoms. The van der Waals surface area contributed by atoms with Gasteiger partial charge in [0.15, 0.2) is 0 Å². The summed E-state index contributed by atoms with van der Waals surface area (Å²) >= 11 is 0. The minimum atomic E-state index is -1.30. The summed E-state index contributed by atoms with van der Waals surface area (Å²) in [4.78, 5) is 23.2. The average molecular weight is 304 g/mol. The van der Waals surface area contributed by atoms with Crippen molar-refractivity contribution in [1.29, 1.82) is 0 Å². The summed E-state index contributed by atoms with van der Waals surface area (Å²) in [6, 6.07) is -0.237. The van der Waals surface area contributed by atoms with E-state index in [4.69, 9.17) is 10.2 Å². The fraction of sp³-hybridized carbons (Fsp3) is 0.857. The molecule has 0 aliphatic rings. The molecule has 0 heterocycles. The van der Waals surface area contributed by atoms with Crippen LogP contribution in [-0.4, -0.2) is 59.0 Å². The minimum Gasteiger partial charge on any atom is -0.396 e. The molecule has 2 amide bonds. The second kappa shape index (κ2) is 9.70. The molecule has 5 N–H and O–H groups in total. The van der Waals surface area contributed by atoms with E-state index < -0.39 is 17.4 Å². The van der Waals surface area contributed by atoms with Gasteiger partial charge in [0, 0.05) is 18.4 Å². The fourth-order valence-corrected chi connectivity index (χ4v) is 1.58. The Hall–Kier alpha value is -1.18. The molecule has 124 valence electrons. The highest BCUT2D eigenvalue weighted by Crippen LogP contribution is 2.19. The highest BCUT2D eigenvalue weighted by Gasteiger charge is 2.32.